The molecule has 4 nitrogen and oxygen atoms in total. The zero-order chi connectivity index (χ0) is 14.8. The van der Waals surface area contributed by atoms with E-state index >= 15 is 0 Å². The maximum absolute atomic E-state index is 4.29. The normalized spacial score (nSPS) is 12.7. The van der Waals surface area contributed by atoms with Crippen LogP contribution in [0.2, 0.25) is 0 Å². The zero-order valence-electron chi connectivity index (χ0n) is 12.7. The van der Waals surface area contributed by atoms with Crippen LogP contribution in [0.25, 0.3) is 5.65 Å². The van der Waals surface area contributed by atoms with Crippen LogP contribution in [0.1, 0.15) is 35.5 Å². The van der Waals surface area contributed by atoms with E-state index in [1.807, 2.05) is 28.8 Å². The molecule has 1 N–H and O–H groups in total. The van der Waals surface area contributed by atoms with Crippen LogP contribution in [0, 0.1) is 13.8 Å². The Balaban J connectivity index is 1.76. The second-order valence-electron chi connectivity index (χ2n) is 5.52. The average Bonchev–Trinajstić information content (AvgIpc) is 2.90. The molecule has 0 aliphatic carbocycles. The van der Waals surface area contributed by atoms with Gasteiger partial charge in [0, 0.05) is 12.7 Å². The number of hydrogen-bond donors (Lipinski definition) is 1. The maximum Gasteiger partial charge on any atom is 0.160 e. The topological polar surface area (TPSA) is 42.2 Å². The minimum Gasteiger partial charge on any atom is -0.303 e. The molecule has 0 spiro atoms. The summed E-state index contributed by atoms with van der Waals surface area (Å²) in [5, 5.41) is 12.0. The lowest BCUT2D eigenvalue weighted by Gasteiger charge is -2.14. The van der Waals surface area contributed by atoms with Gasteiger partial charge in [-0.25, -0.2) is 0 Å². The number of nitrogens with zero attached hydrogens (tertiary/aromatic N) is 3. The third-order valence-electron chi connectivity index (χ3n) is 3.82. The molecular formula is C17H20N4. The molecule has 0 aliphatic heterocycles. The summed E-state index contributed by atoms with van der Waals surface area (Å²) in [6.07, 6.45) is 2.00. The van der Waals surface area contributed by atoms with Crippen LogP contribution in [-0.4, -0.2) is 14.6 Å². The first-order valence-corrected chi connectivity index (χ1v) is 7.24. The SMILES string of the molecule is Cc1ccc(CNC(C)c2nnc3ccccn23)c(C)c1. The fraction of sp³-hybridized carbons (Fsp3) is 0.294. The second-order valence-corrected chi connectivity index (χ2v) is 5.52. The van der Waals surface area contributed by atoms with Crippen LogP contribution >= 0.6 is 0 Å². The van der Waals surface area contributed by atoms with Gasteiger partial charge >= 0.3 is 0 Å². The number of hydrogen-bond acceptors (Lipinski definition) is 3. The Hall–Kier alpha value is -2.20. The monoisotopic (exact) mass is 280 g/mol. The van der Waals surface area contributed by atoms with Crippen molar-refractivity contribution in [1.82, 2.24) is 19.9 Å². The molecule has 1 aromatic carbocycles. The molecular weight excluding hydrogens is 260 g/mol. The van der Waals surface area contributed by atoms with Gasteiger partial charge in [0.25, 0.3) is 0 Å². The van der Waals surface area contributed by atoms with E-state index in [0.29, 0.717) is 0 Å². The van der Waals surface area contributed by atoms with Gasteiger partial charge in [-0.3, -0.25) is 4.40 Å². The first-order chi connectivity index (χ1) is 10.1. The molecule has 1 atom stereocenters. The van der Waals surface area contributed by atoms with E-state index < -0.39 is 0 Å². The molecule has 0 aliphatic rings. The van der Waals surface area contributed by atoms with Gasteiger partial charge in [0.1, 0.15) is 0 Å². The minimum atomic E-state index is 0.142. The number of nitrogens with one attached hydrogen (secondary N) is 1. The van der Waals surface area contributed by atoms with Crippen LogP contribution in [0.3, 0.4) is 0 Å². The molecule has 108 valence electrons. The van der Waals surface area contributed by atoms with Gasteiger partial charge in [-0.05, 0) is 44.0 Å². The summed E-state index contributed by atoms with van der Waals surface area (Å²) in [5.74, 6) is 0.940. The highest BCUT2D eigenvalue weighted by molar-refractivity contribution is 5.37. The van der Waals surface area contributed by atoms with Gasteiger partial charge in [-0.2, -0.15) is 0 Å². The molecule has 0 saturated heterocycles. The lowest BCUT2D eigenvalue weighted by Crippen LogP contribution is -2.20. The first-order valence-electron chi connectivity index (χ1n) is 7.24. The Morgan fingerprint density at radius 3 is 2.81 bits per heavy atom. The largest absolute Gasteiger partial charge is 0.303 e. The standard InChI is InChI=1S/C17H20N4/c1-12-7-8-15(13(2)10-12)11-18-14(3)17-20-19-16-6-4-5-9-21(16)17/h4-10,14,18H,11H2,1-3H3. The van der Waals surface area contributed by atoms with Crippen LogP contribution in [0.5, 0.6) is 0 Å². The van der Waals surface area contributed by atoms with Crippen LogP contribution < -0.4 is 5.32 Å². The van der Waals surface area contributed by atoms with Crippen molar-refractivity contribution >= 4 is 5.65 Å². The number of rotatable bonds is 4. The van der Waals surface area contributed by atoms with E-state index in [9.17, 15) is 0 Å². The Morgan fingerprint density at radius 2 is 2.00 bits per heavy atom. The Labute approximate surface area is 124 Å². The lowest BCUT2D eigenvalue weighted by atomic mass is 10.1. The predicted molar refractivity (Wildman–Crippen MR) is 84.2 cm³/mol. The average molecular weight is 280 g/mol. The Kier molecular flexibility index (Phi) is 3.71. The highest BCUT2D eigenvalue weighted by Crippen LogP contribution is 2.15. The predicted octanol–water partition coefficient (Wildman–Crippen LogP) is 3.20. The number of pyridine rings is 1. The van der Waals surface area contributed by atoms with Crippen molar-refractivity contribution < 1.29 is 0 Å². The summed E-state index contributed by atoms with van der Waals surface area (Å²) in [6.45, 7) is 7.22. The maximum atomic E-state index is 4.29. The van der Waals surface area contributed by atoms with Crippen molar-refractivity contribution in [2.24, 2.45) is 0 Å². The van der Waals surface area contributed by atoms with Crippen LogP contribution in [0.4, 0.5) is 0 Å². The van der Waals surface area contributed by atoms with Crippen molar-refractivity contribution in [3.8, 4) is 0 Å². The molecule has 0 bridgehead atoms. The summed E-state index contributed by atoms with van der Waals surface area (Å²) in [6, 6.07) is 12.6. The van der Waals surface area contributed by atoms with Crippen molar-refractivity contribution in [2.75, 3.05) is 0 Å². The van der Waals surface area contributed by atoms with E-state index in [-0.39, 0.29) is 6.04 Å². The van der Waals surface area contributed by atoms with Gasteiger partial charge in [0.05, 0.1) is 6.04 Å². The molecule has 4 heteroatoms. The van der Waals surface area contributed by atoms with Crippen molar-refractivity contribution in [1.29, 1.82) is 0 Å². The van der Waals surface area contributed by atoms with Gasteiger partial charge in [0.15, 0.2) is 11.5 Å². The van der Waals surface area contributed by atoms with Crippen LogP contribution in [-0.2, 0) is 6.54 Å². The molecule has 0 saturated carbocycles. The molecule has 2 aromatic heterocycles. The molecule has 0 amide bonds. The zero-order valence-corrected chi connectivity index (χ0v) is 12.7. The second kappa shape index (κ2) is 5.66. The summed E-state index contributed by atoms with van der Waals surface area (Å²) in [4.78, 5) is 0. The van der Waals surface area contributed by atoms with E-state index in [2.05, 4.69) is 54.5 Å². The van der Waals surface area contributed by atoms with Gasteiger partial charge in [-0.15, -0.1) is 10.2 Å². The number of aryl methyl sites for hydroxylation is 2. The molecule has 0 fully saturated rings. The van der Waals surface area contributed by atoms with Crippen molar-refractivity contribution in [3.63, 3.8) is 0 Å². The van der Waals surface area contributed by atoms with Crippen LogP contribution in [0.15, 0.2) is 42.6 Å². The Bertz CT molecular complexity index is 760. The van der Waals surface area contributed by atoms with E-state index in [1.165, 1.54) is 16.7 Å². The minimum absolute atomic E-state index is 0.142. The smallest absolute Gasteiger partial charge is 0.160 e. The highest BCUT2D eigenvalue weighted by Gasteiger charge is 2.12. The number of fused-ring (bicyclic) bond motifs is 1. The molecule has 0 radical (unpaired) electrons. The third kappa shape index (κ3) is 2.81. The number of benzene rings is 1. The summed E-state index contributed by atoms with van der Waals surface area (Å²) >= 11 is 0. The van der Waals surface area contributed by atoms with Crippen molar-refractivity contribution in [2.45, 2.75) is 33.4 Å². The van der Waals surface area contributed by atoms with E-state index in [4.69, 9.17) is 0 Å². The van der Waals surface area contributed by atoms with Gasteiger partial charge < -0.3 is 5.32 Å². The van der Waals surface area contributed by atoms with Gasteiger partial charge in [-0.1, -0.05) is 29.8 Å². The summed E-state index contributed by atoms with van der Waals surface area (Å²) in [7, 11) is 0. The highest BCUT2D eigenvalue weighted by atomic mass is 15.3. The van der Waals surface area contributed by atoms with Gasteiger partial charge in [0.2, 0.25) is 0 Å². The fourth-order valence-corrected chi connectivity index (χ4v) is 2.55. The molecule has 21 heavy (non-hydrogen) atoms. The molecule has 3 aromatic rings. The fourth-order valence-electron chi connectivity index (χ4n) is 2.55. The summed E-state index contributed by atoms with van der Waals surface area (Å²) < 4.78 is 2.03. The molecule has 1 unspecified atom stereocenters. The van der Waals surface area contributed by atoms with E-state index in [1.54, 1.807) is 0 Å². The molecule has 3 rings (SSSR count). The van der Waals surface area contributed by atoms with Crippen molar-refractivity contribution in [3.05, 3.63) is 65.1 Å². The van der Waals surface area contributed by atoms with E-state index in [0.717, 1.165) is 18.0 Å². The quantitative estimate of drug-likeness (QED) is 0.798. The first kappa shape index (κ1) is 13.8. The molecule has 2 heterocycles. The third-order valence-corrected chi connectivity index (χ3v) is 3.82. The lowest BCUT2D eigenvalue weighted by molar-refractivity contribution is 0.540. The Morgan fingerprint density at radius 1 is 1.14 bits per heavy atom. The summed E-state index contributed by atoms with van der Waals surface area (Å²) in [5.41, 5.74) is 4.82. The number of aromatic nitrogens is 3.